The molecule has 39 heavy (non-hydrogen) atoms. The molecule has 3 aromatic rings. The van der Waals surface area contributed by atoms with Gasteiger partial charge in [0.05, 0.1) is 28.7 Å². The largest absolute Gasteiger partial charge is 0.497 e. The van der Waals surface area contributed by atoms with Crippen molar-refractivity contribution in [3.63, 3.8) is 0 Å². The van der Waals surface area contributed by atoms with Crippen LogP contribution in [0.2, 0.25) is 0 Å². The highest BCUT2D eigenvalue weighted by atomic mass is 32.2. The number of benzene rings is 3. The first-order valence-corrected chi connectivity index (χ1v) is 14.4. The van der Waals surface area contributed by atoms with Crippen LogP contribution in [-0.2, 0) is 27.7 Å². The van der Waals surface area contributed by atoms with Gasteiger partial charge < -0.3 is 10.1 Å². The molecule has 0 fully saturated rings. The van der Waals surface area contributed by atoms with Crippen LogP contribution in [0.4, 0.5) is 11.4 Å². The van der Waals surface area contributed by atoms with Crippen LogP contribution in [0.25, 0.3) is 0 Å². The highest BCUT2D eigenvalue weighted by Gasteiger charge is 2.30. The molecule has 1 aliphatic carbocycles. The van der Waals surface area contributed by atoms with Gasteiger partial charge in [-0.25, -0.2) is 8.42 Å². The van der Waals surface area contributed by atoms with Crippen molar-refractivity contribution in [2.45, 2.75) is 56.9 Å². The molecule has 0 aromatic heterocycles. The SMILES string of the molecule is CCC(NC(=O)CN(c1ccc(OC)cc1)S(=O)(=O)c1ccc(C)c([N+](=O)[O-])c1)c1ccc2c(c1)CCCC2. The number of methoxy groups -OCH3 is 1. The molecule has 0 saturated carbocycles. The van der Waals surface area contributed by atoms with E-state index in [0.717, 1.165) is 35.2 Å². The molecular weight excluding hydrogens is 518 g/mol. The molecule has 206 valence electrons. The Morgan fingerprint density at radius 3 is 2.38 bits per heavy atom. The molecule has 3 aromatic carbocycles. The van der Waals surface area contributed by atoms with Gasteiger partial charge in [-0.2, -0.15) is 0 Å². The van der Waals surface area contributed by atoms with E-state index in [-0.39, 0.29) is 22.3 Å². The van der Waals surface area contributed by atoms with Gasteiger partial charge in [0.2, 0.25) is 5.91 Å². The number of carbonyl (C=O) groups is 1. The zero-order valence-electron chi connectivity index (χ0n) is 22.3. The third kappa shape index (κ3) is 6.22. The van der Waals surface area contributed by atoms with Crippen LogP contribution < -0.4 is 14.4 Å². The average molecular weight is 552 g/mol. The first-order chi connectivity index (χ1) is 18.6. The number of sulfonamides is 1. The molecule has 0 spiro atoms. The Balaban J connectivity index is 1.64. The predicted octanol–water partition coefficient (Wildman–Crippen LogP) is 5.25. The fourth-order valence-electron chi connectivity index (χ4n) is 4.90. The normalized spacial score (nSPS) is 13.7. The maximum Gasteiger partial charge on any atom is 0.273 e. The molecule has 0 heterocycles. The lowest BCUT2D eigenvalue weighted by molar-refractivity contribution is -0.385. The zero-order valence-corrected chi connectivity index (χ0v) is 23.2. The summed E-state index contributed by atoms with van der Waals surface area (Å²) < 4.78 is 33.7. The lowest BCUT2D eigenvalue weighted by atomic mass is 9.89. The van der Waals surface area contributed by atoms with Crippen molar-refractivity contribution in [3.05, 3.63) is 93.0 Å². The van der Waals surface area contributed by atoms with Crippen LogP contribution in [0.3, 0.4) is 0 Å². The third-order valence-electron chi connectivity index (χ3n) is 7.13. The molecule has 0 bridgehead atoms. The number of rotatable bonds is 10. The van der Waals surface area contributed by atoms with Gasteiger partial charge in [0.1, 0.15) is 12.3 Å². The van der Waals surface area contributed by atoms with Crippen molar-refractivity contribution in [2.24, 2.45) is 0 Å². The van der Waals surface area contributed by atoms with E-state index < -0.39 is 27.4 Å². The van der Waals surface area contributed by atoms with E-state index in [2.05, 4.69) is 17.4 Å². The van der Waals surface area contributed by atoms with Crippen LogP contribution in [0, 0.1) is 17.0 Å². The monoisotopic (exact) mass is 551 g/mol. The molecule has 1 amide bonds. The summed E-state index contributed by atoms with van der Waals surface area (Å²) in [6, 6.07) is 16.0. The zero-order chi connectivity index (χ0) is 28.2. The number of nitrogens with one attached hydrogen (secondary N) is 1. The number of hydrogen-bond acceptors (Lipinski definition) is 6. The predicted molar refractivity (Wildman–Crippen MR) is 150 cm³/mol. The van der Waals surface area contributed by atoms with E-state index in [1.165, 1.54) is 55.8 Å². The number of fused-ring (bicyclic) bond motifs is 1. The Labute approximate surface area is 229 Å². The van der Waals surface area contributed by atoms with Crippen molar-refractivity contribution < 1.29 is 22.9 Å². The number of nitro groups is 1. The Bertz CT molecular complexity index is 1470. The molecule has 4 rings (SSSR count). The van der Waals surface area contributed by atoms with E-state index >= 15 is 0 Å². The maximum absolute atomic E-state index is 13.8. The third-order valence-corrected chi connectivity index (χ3v) is 8.90. The molecular formula is C29H33N3O6S. The Morgan fingerprint density at radius 2 is 1.74 bits per heavy atom. The van der Waals surface area contributed by atoms with Gasteiger partial charge in [-0.3, -0.25) is 19.2 Å². The Morgan fingerprint density at radius 1 is 1.05 bits per heavy atom. The summed E-state index contributed by atoms with van der Waals surface area (Å²) in [7, 11) is -2.84. The molecule has 0 radical (unpaired) electrons. The molecule has 1 atom stereocenters. The van der Waals surface area contributed by atoms with Crippen LogP contribution in [-0.4, -0.2) is 32.9 Å². The minimum absolute atomic E-state index is 0.232. The van der Waals surface area contributed by atoms with Gasteiger partial charge in [-0.1, -0.05) is 31.2 Å². The smallest absolute Gasteiger partial charge is 0.273 e. The summed E-state index contributed by atoms with van der Waals surface area (Å²) >= 11 is 0. The lowest BCUT2D eigenvalue weighted by Crippen LogP contribution is -2.42. The van der Waals surface area contributed by atoms with Gasteiger partial charge in [0.15, 0.2) is 0 Å². The summed E-state index contributed by atoms with van der Waals surface area (Å²) in [5.41, 5.74) is 3.89. The second kappa shape index (κ2) is 11.9. The number of nitrogens with zero attached hydrogens (tertiary/aromatic N) is 2. The van der Waals surface area contributed by atoms with Gasteiger partial charge in [-0.15, -0.1) is 0 Å². The number of aryl methyl sites for hydroxylation is 3. The van der Waals surface area contributed by atoms with Crippen LogP contribution in [0.5, 0.6) is 5.75 Å². The standard InChI is InChI=1S/C29H33N3O6S/c1-4-27(23-11-10-21-7-5-6-8-22(21)17-23)30-29(33)19-31(24-12-14-25(38-3)15-13-24)39(36,37)26-16-9-20(2)28(18-26)32(34)35/h9-18,27H,4-8,19H2,1-3H3,(H,30,33). The summed E-state index contributed by atoms with van der Waals surface area (Å²) in [6.07, 6.45) is 5.03. The van der Waals surface area contributed by atoms with Gasteiger partial charge in [0, 0.05) is 11.6 Å². The Kier molecular flexibility index (Phi) is 8.54. The van der Waals surface area contributed by atoms with E-state index in [1.807, 2.05) is 13.0 Å². The minimum Gasteiger partial charge on any atom is -0.497 e. The molecule has 0 saturated heterocycles. The van der Waals surface area contributed by atoms with Crippen molar-refractivity contribution in [1.82, 2.24) is 5.32 Å². The molecule has 1 N–H and O–H groups in total. The number of nitro benzene ring substituents is 1. The first kappa shape index (κ1) is 28.1. The topological polar surface area (TPSA) is 119 Å². The van der Waals surface area contributed by atoms with Gasteiger partial charge in [0.25, 0.3) is 15.7 Å². The van der Waals surface area contributed by atoms with E-state index in [9.17, 15) is 23.3 Å². The minimum atomic E-state index is -4.33. The summed E-state index contributed by atoms with van der Waals surface area (Å²) in [4.78, 5) is 23.9. The van der Waals surface area contributed by atoms with Crippen LogP contribution in [0.15, 0.2) is 65.6 Å². The molecule has 1 aliphatic rings. The fraction of sp³-hybridized carbons (Fsp3) is 0.345. The molecule has 0 aliphatic heterocycles. The van der Waals surface area contributed by atoms with E-state index in [1.54, 1.807) is 12.1 Å². The number of hydrogen-bond donors (Lipinski definition) is 1. The highest BCUT2D eigenvalue weighted by Crippen LogP contribution is 2.30. The van der Waals surface area contributed by atoms with Crippen LogP contribution in [0.1, 0.15) is 54.5 Å². The number of anilines is 1. The van der Waals surface area contributed by atoms with Crippen molar-refractivity contribution in [1.29, 1.82) is 0 Å². The summed E-state index contributed by atoms with van der Waals surface area (Å²) in [5.74, 6) is 0.0329. The second-order valence-electron chi connectivity index (χ2n) is 9.68. The maximum atomic E-state index is 13.8. The quantitative estimate of drug-likeness (QED) is 0.271. The van der Waals surface area contributed by atoms with Crippen LogP contribution >= 0.6 is 0 Å². The highest BCUT2D eigenvalue weighted by molar-refractivity contribution is 7.92. The lowest BCUT2D eigenvalue weighted by Gasteiger charge is -2.26. The summed E-state index contributed by atoms with van der Waals surface area (Å²) in [6.45, 7) is 3.00. The van der Waals surface area contributed by atoms with E-state index in [4.69, 9.17) is 4.74 Å². The molecule has 1 unspecified atom stereocenters. The van der Waals surface area contributed by atoms with Crippen molar-refractivity contribution in [2.75, 3.05) is 18.0 Å². The fourth-order valence-corrected chi connectivity index (χ4v) is 6.34. The average Bonchev–Trinajstić information content (AvgIpc) is 2.94. The summed E-state index contributed by atoms with van der Waals surface area (Å²) in [5, 5.41) is 14.5. The number of ether oxygens (including phenoxy) is 1. The molecule has 10 heteroatoms. The Hall–Kier alpha value is -3.92. The van der Waals surface area contributed by atoms with Gasteiger partial charge in [-0.05, 0) is 86.1 Å². The first-order valence-electron chi connectivity index (χ1n) is 13.0. The van der Waals surface area contributed by atoms with Gasteiger partial charge >= 0.3 is 0 Å². The second-order valence-corrected chi connectivity index (χ2v) is 11.5. The number of carbonyl (C=O) groups excluding carboxylic acids is 1. The van der Waals surface area contributed by atoms with Crippen molar-refractivity contribution in [3.8, 4) is 5.75 Å². The van der Waals surface area contributed by atoms with Crippen molar-refractivity contribution >= 4 is 27.3 Å². The molecule has 9 nitrogen and oxygen atoms in total. The van der Waals surface area contributed by atoms with E-state index in [0.29, 0.717) is 17.7 Å². The number of amides is 1.